The summed E-state index contributed by atoms with van der Waals surface area (Å²) in [6.45, 7) is 0. The highest BCUT2D eigenvalue weighted by molar-refractivity contribution is 7.92. The lowest BCUT2D eigenvalue weighted by Crippen LogP contribution is -2.12. The lowest BCUT2D eigenvalue weighted by atomic mass is 10.3. The van der Waals surface area contributed by atoms with Gasteiger partial charge in [-0.1, -0.05) is 23.2 Å². The molecule has 0 aliphatic carbocycles. The summed E-state index contributed by atoms with van der Waals surface area (Å²) >= 11 is 11.5. The molecule has 0 aromatic heterocycles. The Morgan fingerprint density at radius 1 is 1.00 bits per heavy atom. The minimum absolute atomic E-state index is 0.116. The van der Waals surface area contributed by atoms with Gasteiger partial charge in [-0.2, -0.15) is 0 Å². The number of nitrogen functional groups attached to an aromatic ring is 1. The van der Waals surface area contributed by atoms with E-state index in [4.69, 9.17) is 28.9 Å². The van der Waals surface area contributed by atoms with Gasteiger partial charge in [0.15, 0.2) is 0 Å². The van der Waals surface area contributed by atoms with Crippen molar-refractivity contribution in [2.45, 2.75) is 4.90 Å². The maximum Gasteiger partial charge on any atom is 0.261 e. The smallest absolute Gasteiger partial charge is 0.261 e. The molecule has 7 heteroatoms. The van der Waals surface area contributed by atoms with Gasteiger partial charge in [0, 0.05) is 5.02 Å². The van der Waals surface area contributed by atoms with E-state index in [0.29, 0.717) is 21.4 Å². The van der Waals surface area contributed by atoms with Crippen LogP contribution in [0.3, 0.4) is 0 Å². The molecule has 2 aromatic rings. The number of anilines is 2. The lowest BCUT2D eigenvalue weighted by Gasteiger charge is -2.09. The first-order chi connectivity index (χ1) is 8.88. The van der Waals surface area contributed by atoms with Crippen molar-refractivity contribution in [2.75, 3.05) is 10.5 Å². The number of sulfonamides is 1. The van der Waals surface area contributed by atoms with Crippen molar-refractivity contribution < 1.29 is 8.42 Å². The molecule has 2 aromatic carbocycles. The molecule has 0 aliphatic heterocycles. The molecule has 0 saturated carbocycles. The third-order valence-corrected chi connectivity index (χ3v) is 4.37. The third kappa shape index (κ3) is 3.32. The SMILES string of the molecule is Nc1cc(NS(=O)(=O)c2ccc(Cl)cc2)ccc1Cl. The second-order valence-electron chi connectivity index (χ2n) is 3.80. The molecule has 3 N–H and O–H groups in total. The maximum absolute atomic E-state index is 12.1. The first kappa shape index (κ1) is 14.0. The molecular formula is C12H10Cl2N2O2S. The predicted molar refractivity (Wildman–Crippen MR) is 78.1 cm³/mol. The van der Waals surface area contributed by atoms with Crippen molar-refractivity contribution in [3.05, 3.63) is 52.5 Å². The van der Waals surface area contributed by atoms with Crippen molar-refractivity contribution in [1.29, 1.82) is 0 Å². The minimum Gasteiger partial charge on any atom is -0.397 e. The summed E-state index contributed by atoms with van der Waals surface area (Å²) in [5.41, 5.74) is 6.26. The van der Waals surface area contributed by atoms with Gasteiger partial charge in [-0.05, 0) is 42.5 Å². The van der Waals surface area contributed by atoms with Gasteiger partial charge in [0.1, 0.15) is 0 Å². The van der Waals surface area contributed by atoms with Crippen LogP contribution in [-0.2, 0) is 10.0 Å². The quantitative estimate of drug-likeness (QED) is 0.853. The molecule has 0 amide bonds. The van der Waals surface area contributed by atoms with Gasteiger partial charge in [-0.25, -0.2) is 8.42 Å². The zero-order chi connectivity index (χ0) is 14.0. The summed E-state index contributed by atoms with van der Waals surface area (Å²) in [6, 6.07) is 10.4. The van der Waals surface area contributed by atoms with Gasteiger partial charge in [-0.3, -0.25) is 4.72 Å². The van der Waals surface area contributed by atoms with Crippen LogP contribution in [0.2, 0.25) is 10.0 Å². The van der Waals surface area contributed by atoms with Crippen molar-refractivity contribution in [3.8, 4) is 0 Å². The predicted octanol–water partition coefficient (Wildman–Crippen LogP) is 3.38. The first-order valence-electron chi connectivity index (χ1n) is 5.22. The molecule has 4 nitrogen and oxygen atoms in total. The first-order valence-corrected chi connectivity index (χ1v) is 7.46. The zero-order valence-corrected chi connectivity index (χ0v) is 11.9. The van der Waals surface area contributed by atoms with Crippen LogP contribution in [0.15, 0.2) is 47.4 Å². The Morgan fingerprint density at radius 3 is 2.21 bits per heavy atom. The molecule has 0 aliphatic rings. The van der Waals surface area contributed by atoms with Gasteiger partial charge in [0.25, 0.3) is 10.0 Å². The fraction of sp³-hybridized carbons (Fsp3) is 0. The van der Waals surface area contributed by atoms with Crippen molar-refractivity contribution in [2.24, 2.45) is 0 Å². The van der Waals surface area contributed by atoms with E-state index >= 15 is 0 Å². The summed E-state index contributed by atoms with van der Waals surface area (Å²) in [6.07, 6.45) is 0. The number of rotatable bonds is 3. The summed E-state index contributed by atoms with van der Waals surface area (Å²) in [5, 5.41) is 0.837. The van der Waals surface area contributed by atoms with Crippen LogP contribution < -0.4 is 10.5 Å². The lowest BCUT2D eigenvalue weighted by molar-refractivity contribution is 0.601. The molecule has 0 unspecified atom stereocenters. The van der Waals surface area contributed by atoms with E-state index in [0.717, 1.165) is 0 Å². The van der Waals surface area contributed by atoms with Crippen LogP contribution in [0.4, 0.5) is 11.4 Å². The molecule has 0 spiro atoms. The zero-order valence-electron chi connectivity index (χ0n) is 9.60. The minimum atomic E-state index is -3.67. The topological polar surface area (TPSA) is 72.2 Å². The van der Waals surface area contributed by atoms with Gasteiger partial charge in [0.05, 0.1) is 21.3 Å². The Hall–Kier alpha value is -1.43. The number of hydrogen-bond acceptors (Lipinski definition) is 3. The van der Waals surface area contributed by atoms with E-state index in [1.54, 1.807) is 0 Å². The Balaban J connectivity index is 2.30. The molecule has 100 valence electrons. The second-order valence-corrected chi connectivity index (χ2v) is 6.32. The van der Waals surface area contributed by atoms with Crippen LogP contribution in [0, 0.1) is 0 Å². The van der Waals surface area contributed by atoms with Gasteiger partial charge in [0.2, 0.25) is 0 Å². The van der Waals surface area contributed by atoms with Gasteiger partial charge >= 0.3 is 0 Å². The van der Waals surface area contributed by atoms with E-state index < -0.39 is 10.0 Å². The Bertz CT molecular complexity index is 700. The molecular weight excluding hydrogens is 307 g/mol. The molecule has 19 heavy (non-hydrogen) atoms. The molecule has 0 atom stereocenters. The fourth-order valence-electron chi connectivity index (χ4n) is 1.44. The number of nitrogens with two attached hydrogens (primary N) is 1. The summed E-state index contributed by atoms with van der Waals surface area (Å²) in [5.74, 6) is 0. The monoisotopic (exact) mass is 316 g/mol. The largest absolute Gasteiger partial charge is 0.397 e. The average molecular weight is 317 g/mol. The fourth-order valence-corrected chi connectivity index (χ4v) is 2.73. The highest BCUT2D eigenvalue weighted by atomic mass is 35.5. The molecule has 2 rings (SSSR count). The average Bonchev–Trinajstić information content (AvgIpc) is 2.34. The van der Waals surface area contributed by atoms with Crippen LogP contribution >= 0.6 is 23.2 Å². The molecule has 0 saturated heterocycles. The van der Waals surface area contributed by atoms with E-state index in [1.807, 2.05) is 0 Å². The molecule has 0 radical (unpaired) electrons. The number of hydrogen-bond donors (Lipinski definition) is 2. The van der Waals surface area contributed by atoms with Crippen LogP contribution in [0.25, 0.3) is 0 Å². The molecule has 0 bridgehead atoms. The number of nitrogens with one attached hydrogen (secondary N) is 1. The van der Waals surface area contributed by atoms with Crippen LogP contribution in [-0.4, -0.2) is 8.42 Å². The maximum atomic E-state index is 12.1. The highest BCUT2D eigenvalue weighted by Gasteiger charge is 2.14. The summed E-state index contributed by atoms with van der Waals surface area (Å²) in [4.78, 5) is 0.116. The molecule has 0 fully saturated rings. The molecule has 0 heterocycles. The summed E-state index contributed by atoms with van der Waals surface area (Å²) < 4.78 is 26.6. The standard InChI is InChI=1S/C12H10Cl2N2O2S/c13-8-1-4-10(5-2-8)19(17,18)16-9-3-6-11(14)12(15)7-9/h1-7,16H,15H2. The van der Waals surface area contributed by atoms with Gasteiger partial charge in [-0.15, -0.1) is 0 Å². The van der Waals surface area contributed by atoms with E-state index in [1.165, 1.54) is 42.5 Å². The Labute approximate surface area is 121 Å². The Morgan fingerprint density at radius 2 is 1.63 bits per heavy atom. The van der Waals surface area contributed by atoms with Crippen molar-refractivity contribution >= 4 is 44.6 Å². The number of halogens is 2. The van der Waals surface area contributed by atoms with E-state index in [9.17, 15) is 8.42 Å². The van der Waals surface area contributed by atoms with E-state index in [2.05, 4.69) is 4.72 Å². The van der Waals surface area contributed by atoms with Crippen LogP contribution in [0.5, 0.6) is 0 Å². The third-order valence-electron chi connectivity index (χ3n) is 2.37. The second kappa shape index (κ2) is 5.28. The summed E-state index contributed by atoms with van der Waals surface area (Å²) in [7, 11) is -3.67. The van der Waals surface area contributed by atoms with Crippen molar-refractivity contribution in [3.63, 3.8) is 0 Å². The highest BCUT2D eigenvalue weighted by Crippen LogP contribution is 2.24. The van der Waals surface area contributed by atoms with Crippen LogP contribution in [0.1, 0.15) is 0 Å². The van der Waals surface area contributed by atoms with Crippen molar-refractivity contribution in [1.82, 2.24) is 0 Å². The normalized spacial score (nSPS) is 11.3. The van der Waals surface area contributed by atoms with E-state index in [-0.39, 0.29) is 4.90 Å². The van der Waals surface area contributed by atoms with Gasteiger partial charge < -0.3 is 5.73 Å². The Kier molecular flexibility index (Phi) is 3.89. The number of benzene rings is 2.